The van der Waals surface area contributed by atoms with E-state index in [9.17, 15) is 5.11 Å². The van der Waals surface area contributed by atoms with E-state index in [0.717, 1.165) is 5.56 Å². The topological polar surface area (TPSA) is 153 Å². The molecule has 32 heavy (non-hydrogen) atoms. The molecule has 5 aromatic rings. The first-order valence-electron chi connectivity index (χ1n) is 9.91. The molecule has 9 nitrogen and oxygen atoms in total. The highest BCUT2D eigenvalue weighted by Gasteiger charge is 2.28. The smallest absolute Gasteiger partial charge is 0.220 e. The Morgan fingerprint density at radius 3 is 2.47 bits per heavy atom. The summed E-state index contributed by atoms with van der Waals surface area (Å²) in [6.45, 7) is 1.68. The summed E-state index contributed by atoms with van der Waals surface area (Å²) >= 11 is 0. The predicted octanol–water partition coefficient (Wildman–Crippen LogP) is 2.90. The average Bonchev–Trinajstić information content (AvgIpc) is 3.23. The Morgan fingerprint density at radius 1 is 0.906 bits per heavy atom. The maximum Gasteiger partial charge on any atom is 0.220 e. The molecular formula is C23H20N8O. The van der Waals surface area contributed by atoms with Gasteiger partial charge in [-0.25, -0.2) is 24.9 Å². The predicted molar refractivity (Wildman–Crippen MR) is 122 cm³/mol. The van der Waals surface area contributed by atoms with Gasteiger partial charge in [-0.15, -0.1) is 0 Å². The molecule has 0 saturated heterocycles. The molecule has 9 heteroatoms. The number of H-pyrrole nitrogens is 1. The fourth-order valence-electron chi connectivity index (χ4n) is 3.55. The molecule has 0 aliphatic rings. The summed E-state index contributed by atoms with van der Waals surface area (Å²) in [5.74, 6) is 0.481. The normalized spacial score (nSPS) is 13.2. The number of pyridine rings is 1. The van der Waals surface area contributed by atoms with Gasteiger partial charge in [-0.2, -0.15) is 0 Å². The van der Waals surface area contributed by atoms with Crippen LogP contribution >= 0.6 is 0 Å². The number of aromatic nitrogens is 6. The molecule has 4 aromatic heterocycles. The molecule has 0 aliphatic heterocycles. The van der Waals surface area contributed by atoms with Gasteiger partial charge in [-0.05, 0) is 30.7 Å². The molecule has 0 bridgehead atoms. The Balaban J connectivity index is 1.63. The van der Waals surface area contributed by atoms with Crippen molar-refractivity contribution in [3.05, 3.63) is 78.4 Å². The molecule has 1 aromatic carbocycles. The van der Waals surface area contributed by atoms with Crippen molar-refractivity contribution in [1.82, 2.24) is 29.9 Å². The van der Waals surface area contributed by atoms with E-state index < -0.39 is 5.60 Å². The van der Waals surface area contributed by atoms with Crippen molar-refractivity contribution in [1.29, 1.82) is 0 Å². The van der Waals surface area contributed by atoms with E-state index in [4.69, 9.17) is 16.5 Å². The van der Waals surface area contributed by atoms with Gasteiger partial charge < -0.3 is 21.6 Å². The van der Waals surface area contributed by atoms with Crippen molar-refractivity contribution in [2.24, 2.45) is 0 Å². The van der Waals surface area contributed by atoms with E-state index in [-0.39, 0.29) is 5.95 Å². The van der Waals surface area contributed by atoms with Gasteiger partial charge in [0.05, 0.1) is 23.3 Å². The quantitative estimate of drug-likeness (QED) is 0.343. The van der Waals surface area contributed by atoms with Gasteiger partial charge in [-0.1, -0.05) is 30.3 Å². The van der Waals surface area contributed by atoms with Crippen molar-refractivity contribution in [3.63, 3.8) is 0 Å². The third-order valence-electron chi connectivity index (χ3n) is 5.32. The van der Waals surface area contributed by atoms with Crippen molar-refractivity contribution in [2.75, 3.05) is 11.5 Å². The number of fused-ring (bicyclic) bond motifs is 1. The molecule has 0 saturated carbocycles. The Hall–Kier alpha value is -4.37. The molecule has 0 fully saturated rings. The van der Waals surface area contributed by atoms with Crippen molar-refractivity contribution < 1.29 is 5.11 Å². The second-order valence-corrected chi connectivity index (χ2v) is 7.56. The number of hydrogen-bond acceptors (Lipinski definition) is 8. The molecule has 0 spiro atoms. The van der Waals surface area contributed by atoms with E-state index in [1.807, 2.05) is 36.4 Å². The zero-order valence-corrected chi connectivity index (χ0v) is 17.2. The van der Waals surface area contributed by atoms with Crippen LogP contribution in [0.1, 0.15) is 18.2 Å². The van der Waals surface area contributed by atoms with Gasteiger partial charge in [0.1, 0.15) is 16.9 Å². The lowest BCUT2D eigenvalue weighted by Gasteiger charge is -2.23. The van der Waals surface area contributed by atoms with Crippen LogP contribution in [0, 0.1) is 0 Å². The summed E-state index contributed by atoms with van der Waals surface area (Å²) in [5, 5.41) is 11.2. The summed E-state index contributed by atoms with van der Waals surface area (Å²) in [5.41, 5.74) is 15.3. The third-order valence-corrected chi connectivity index (χ3v) is 5.32. The minimum absolute atomic E-state index is 0.0508. The standard InChI is InChI=1S/C23H20N8O/c1-23(32,14-5-3-2-4-6-14)18-9-16(30-22(25)31-18)15-11-27-21-20(15)29-17(12-28-21)13-7-8-19(24)26-10-13/h2-12,32H,1H3,(H2,24,26)(H,27,28)(H2,25,30,31). The van der Waals surface area contributed by atoms with Crippen molar-refractivity contribution in [3.8, 4) is 22.5 Å². The molecule has 1 atom stereocenters. The van der Waals surface area contributed by atoms with Gasteiger partial charge in [0.15, 0.2) is 5.65 Å². The highest BCUT2D eigenvalue weighted by Crippen LogP contribution is 2.33. The molecule has 6 N–H and O–H groups in total. The molecule has 4 heterocycles. The van der Waals surface area contributed by atoms with Gasteiger partial charge in [0.25, 0.3) is 0 Å². The van der Waals surface area contributed by atoms with Crippen molar-refractivity contribution in [2.45, 2.75) is 12.5 Å². The van der Waals surface area contributed by atoms with E-state index in [1.165, 1.54) is 0 Å². The molecule has 5 rings (SSSR count). The fourth-order valence-corrected chi connectivity index (χ4v) is 3.55. The van der Waals surface area contributed by atoms with E-state index >= 15 is 0 Å². The monoisotopic (exact) mass is 424 g/mol. The maximum atomic E-state index is 11.2. The summed E-state index contributed by atoms with van der Waals surface area (Å²) < 4.78 is 0. The highest BCUT2D eigenvalue weighted by molar-refractivity contribution is 5.90. The molecule has 0 amide bonds. The lowest BCUT2D eigenvalue weighted by Crippen LogP contribution is -2.25. The van der Waals surface area contributed by atoms with Crippen LogP contribution in [0.5, 0.6) is 0 Å². The fraction of sp³-hybridized carbons (Fsp3) is 0.0870. The van der Waals surface area contributed by atoms with Gasteiger partial charge in [0.2, 0.25) is 5.95 Å². The number of nitrogens with two attached hydrogens (primary N) is 2. The number of anilines is 2. The minimum Gasteiger partial charge on any atom is -0.384 e. The Labute approximate surface area is 183 Å². The number of nitrogen functional groups attached to an aromatic ring is 2. The van der Waals surface area contributed by atoms with Crippen LogP contribution in [0.2, 0.25) is 0 Å². The maximum absolute atomic E-state index is 11.2. The lowest BCUT2D eigenvalue weighted by atomic mass is 9.91. The second-order valence-electron chi connectivity index (χ2n) is 7.56. The average molecular weight is 424 g/mol. The SMILES string of the molecule is CC(O)(c1ccccc1)c1cc(-c2c[nH]c3ncc(-c4ccc(N)nc4)nc23)nc(N)n1. The summed E-state index contributed by atoms with van der Waals surface area (Å²) in [6, 6.07) is 14.5. The van der Waals surface area contributed by atoms with E-state index in [2.05, 4.69) is 24.9 Å². The number of hydrogen-bond donors (Lipinski definition) is 4. The molecule has 1 unspecified atom stereocenters. The molecule has 0 aliphatic carbocycles. The van der Waals surface area contributed by atoms with E-state index in [0.29, 0.717) is 45.2 Å². The van der Waals surface area contributed by atoms with Gasteiger partial charge in [0, 0.05) is 23.5 Å². The minimum atomic E-state index is -1.36. The summed E-state index contributed by atoms with van der Waals surface area (Å²) in [4.78, 5) is 25.1. The molecule has 158 valence electrons. The number of rotatable bonds is 4. The molecule has 0 radical (unpaired) electrons. The number of nitrogens with one attached hydrogen (secondary N) is 1. The first kappa shape index (κ1) is 19.6. The first-order chi connectivity index (χ1) is 15.4. The lowest BCUT2D eigenvalue weighted by molar-refractivity contribution is 0.0975. The largest absolute Gasteiger partial charge is 0.384 e. The van der Waals surface area contributed by atoms with Crippen LogP contribution in [0.25, 0.3) is 33.7 Å². The number of benzene rings is 1. The number of aromatic amines is 1. The Kier molecular flexibility index (Phi) is 4.53. The van der Waals surface area contributed by atoms with Crippen LogP contribution in [0.4, 0.5) is 11.8 Å². The van der Waals surface area contributed by atoms with Crippen LogP contribution in [-0.4, -0.2) is 35.0 Å². The van der Waals surface area contributed by atoms with Crippen LogP contribution in [0.15, 0.2) is 67.1 Å². The first-order valence-corrected chi connectivity index (χ1v) is 9.91. The van der Waals surface area contributed by atoms with Crippen LogP contribution in [-0.2, 0) is 5.60 Å². The van der Waals surface area contributed by atoms with Gasteiger partial charge >= 0.3 is 0 Å². The van der Waals surface area contributed by atoms with Crippen LogP contribution in [0.3, 0.4) is 0 Å². The van der Waals surface area contributed by atoms with Crippen LogP contribution < -0.4 is 11.5 Å². The highest BCUT2D eigenvalue weighted by atomic mass is 16.3. The zero-order chi connectivity index (χ0) is 22.3. The summed E-state index contributed by atoms with van der Waals surface area (Å²) in [6.07, 6.45) is 5.07. The third kappa shape index (κ3) is 3.40. The summed E-state index contributed by atoms with van der Waals surface area (Å²) in [7, 11) is 0. The van der Waals surface area contributed by atoms with Gasteiger partial charge in [-0.3, -0.25) is 0 Å². The number of aliphatic hydroxyl groups is 1. The zero-order valence-electron chi connectivity index (χ0n) is 17.2. The van der Waals surface area contributed by atoms with E-state index in [1.54, 1.807) is 37.6 Å². The Bertz CT molecular complexity index is 1410. The second kappa shape index (κ2) is 7.40. The van der Waals surface area contributed by atoms with Crippen molar-refractivity contribution >= 4 is 22.9 Å². The molecular weight excluding hydrogens is 404 g/mol. The number of nitrogens with zero attached hydrogens (tertiary/aromatic N) is 5. The Morgan fingerprint density at radius 2 is 1.72 bits per heavy atom.